The lowest BCUT2D eigenvalue weighted by atomic mass is 10.1. The summed E-state index contributed by atoms with van der Waals surface area (Å²) in [5, 5.41) is 3.13. The van der Waals surface area contributed by atoms with Crippen LogP contribution in [0.25, 0.3) is 0 Å². The highest BCUT2D eigenvalue weighted by atomic mass is 35.5. The van der Waals surface area contributed by atoms with E-state index in [0.29, 0.717) is 10.6 Å². The Morgan fingerprint density at radius 3 is 2.52 bits per heavy atom. The summed E-state index contributed by atoms with van der Waals surface area (Å²) in [6.07, 6.45) is -0.0352. The molecule has 1 atom stereocenters. The van der Waals surface area contributed by atoms with E-state index in [4.69, 9.17) is 11.6 Å². The average Bonchev–Trinajstić information content (AvgIpc) is 2.55. The van der Waals surface area contributed by atoms with Crippen molar-refractivity contribution in [2.45, 2.75) is 24.3 Å². The van der Waals surface area contributed by atoms with Gasteiger partial charge in [0, 0.05) is 18.0 Å². The van der Waals surface area contributed by atoms with Crippen LogP contribution in [0.15, 0.2) is 53.4 Å². The zero-order valence-electron chi connectivity index (χ0n) is 13.5. The molecule has 1 unspecified atom stereocenters. The molecule has 2 N–H and O–H groups in total. The lowest BCUT2D eigenvalue weighted by Gasteiger charge is -2.14. The van der Waals surface area contributed by atoms with Crippen LogP contribution in [-0.4, -0.2) is 20.9 Å². The lowest BCUT2D eigenvalue weighted by Crippen LogP contribution is -2.32. The topological polar surface area (TPSA) is 75.3 Å². The Morgan fingerprint density at radius 1 is 1.20 bits per heavy atom. The van der Waals surface area contributed by atoms with Gasteiger partial charge in [-0.05, 0) is 48.9 Å². The van der Waals surface area contributed by atoms with Crippen molar-refractivity contribution in [3.63, 3.8) is 0 Å². The number of carbonyl (C=O) groups is 1. The lowest BCUT2D eigenvalue weighted by molar-refractivity contribution is -0.121. The van der Waals surface area contributed by atoms with Crippen LogP contribution in [0.5, 0.6) is 0 Å². The first-order valence-electron chi connectivity index (χ1n) is 7.58. The van der Waals surface area contributed by atoms with E-state index in [-0.39, 0.29) is 35.6 Å². The van der Waals surface area contributed by atoms with Crippen LogP contribution in [0, 0.1) is 5.82 Å². The summed E-state index contributed by atoms with van der Waals surface area (Å²) in [5.74, 6) is -0.718. The van der Waals surface area contributed by atoms with Crippen LogP contribution in [0.2, 0.25) is 5.02 Å². The van der Waals surface area contributed by atoms with Gasteiger partial charge in [0.1, 0.15) is 5.82 Å². The van der Waals surface area contributed by atoms with E-state index in [2.05, 4.69) is 10.0 Å². The molecule has 8 heteroatoms. The smallest absolute Gasteiger partial charge is 0.240 e. The van der Waals surface area contributed by atoms with Gasteiger partial charge in [-0.25, -0.2) is 17.5 Å². The van der Waals surface area contributed by atoms with Crippen molar-refractivity contribution in [3.05, 3.63) is 64.9 Å². The average molecular weight is 385 g/mol. The van der Waals surface area contributed by atoms with Crippen LogP contribution in [0.4, 0.5) is 4.39 Å². The minimum Gasteiger partial charge on any atom is -0.350 e. The minimum absolute atomic E-state index is 0.0352. The van der Waals surface area contributed by atoms with Gasteiger partial charge >= 0.3 is 0 Å². The molecule has 0 bridgehead atoms. The number of sulfonamides is 1. The largest absolute Gasteiger partial charge is 0.350 e. The van der Waals surface area contributed by atoms with E-state index in [1.54, 1.807) is 19.1 Å². The second kappa shape index (κ2) is 8.42. The number of amides is 1. The molecule has 2 aromatic carbocycles. The van der Waals surface area contributed by atoms with Crippen molar-refractivity contribution >= 4 is 27.5 Å². The fraction of sp³-hybridized carbons (Fsp3) is 0.235. The molecule has 0 radical (unpaired) electrons. The van der Waals surface area contributed by atoms with E-state index >= 15 is 0 Å². The van der Waals surface area contributed by atoms with E-state index in [0.717, 1.165) is 0 Å². The van der Waals surface area contributed by atoms with Crippen LogP contribution in [0.3, 0.4) is 0 Å². The monoisotopic (exact) mass is 384 g/mol. The van der Waals surface area contributed by atoms with Crippen LogP contribution >= 0.6 is 11.6 Å². The fourth-order valence-corrected chi connectivity index (χ4v) is 3.33. The Balaban J connectivity index is 1.84. The molecule has 0 aromatic heterocycles. The number of carbonyl (C=O) groups excluding carboxylic acids is 1. The van der Waals surface area contributed by atoms with E-state index < -0.39 is 10.0 Å². The van der Waals surface area contributed by atoms with Crippen LogP contribution < -0.4 is 10.0 Å². The molecular formula is C17H18ClFN2O3S. The first-order chi connectivity index (χ1) is 11.8. The molecule has 1 amide bonds. The Kier molecular flexibility index (Phi) is 6.52. The van der Waals surface area contributed by atoms with Gasteiger partial charge in [-0.1, -0.05) is 23.7 Å². The highest BCUT2D eigenvalue weighted by Gasteiger charge is 2.15. The molecular weight excluding hydrogens is 367 g/mol. The molecule has 0 saturated heterocycles. The minimum atomic E-state index is -3.70. The number of nitrogens with one attached hydrogen (secondary N) is 2. The maximum atomic E-state index is 13.2. The first-order valence-corrected chi connectivity index (χ1v) is 9.44. The second-order valence-corrected chi connectivity index (χ2v) is 7.65. The molecule has 2 aromatic rings. The summed E-state index contributed by atoms with van der Waals surface area (Å²) < 4.78 is 39.7. The summed E-state index contributed by atoms with van der Waals surface area (Å²) in [6.45, 7) is 1.68. The summed E-state index contributed by atoms with van der Waals surface area (Å²) in [4.78, 5) is 12.0. The van der Waals surface area contributed by atoms with Crippen molar-refractivity contribution in [3.8, 4) is 0 Å². The quantitative estimate of drug-likeness (QED) is 0.770. The van der Waals surface area contributed by atoms with Crippen LogP contribution in [-0.2, 0) is 14.8 Å². The summed E-state index contributed by atoms with van der Waals surface area (Å²) in [6, 6.07) is 11.3. The molecule has 0 fully saturated rings. The van der Waals surface area contributed by atoms with Gasteiger partial charge in [0.05, 0.1) is 10.9 Å². The molecule has 5 nitrogen and oxygen atoms in total. The first kappa shape index (κ1) is 19.4. The van der Waals surface area contributed by atoms with Crippen molar-refractivity contribution in [1.82, 2.24) is 10.0 Å². The summed E-state index contributed by atoms with van der Waals surface area (Å²) in [5.41, 5.74) is 0.634. The van der Waals surface area contributed by atoms with Gasteiger partial charge < -0.3 is 5.32 Å². The molecule has 134 valence electrons. The fourth-order valence-electron chi connectivity index (χ4n) is 2.17. The standard InChI is InChI=1S/C17H18ClFN2O3S/c1-12(13-3-2-4-15(19)11-13)21-17(22)9-10-20-25(23,24)16-7-5-14(18)6-8-16/h2-8,11-12,20H,9-10H2,1H3,(H,21,22). The number of benzene rings is 2. The summed E-state index contributed by atoms with van der Waals surface area (Å²) >= 11 is 5.72. The highest BCUT2D eigenvalue weighted by Crippen LogP contribution is 2.15. The predicted molar refractivity (Wildman–Crippen MR) is 94.2 cm³/mol. The highest BCUT2D eigenvalue weighted by molar-refractivity contribution is 7.89. The Labute approximate surface area is 151 Å². The zero-order chi connectivity index (χ0) is 18.4. The Hall–Kier alpha value is -1.96. The zero-order valence-corrected chi connectivity index (χ0v) is 15.1. The maximum Gasteiger partial charge on any atom is 0.240 e. The van der Waals surface area contributed by atoms with Gasteiger partial charge in [-0.2, -0.15) is 0 Å². The molecule has 0 aliphatic heterocycles. The molecule has 2 rings (SSSR count). The maximum absolute atomic E-state index is 13.2. The second-order valence-electron chi connectivity index (χ2n) is 5.45. The molecule has 0 aliphatic carbocycles. The third kappa shape index (κ3) is 5.81. The third-order valence-electron chi connectivity index (χ3n) is 3.49. The van der Waals surface area contributed by atoms with E-state index in [9.17, 15) is 17.6 Å². The molecule has 0 heterocycles. The van der Waals surface area contributed by atoms with Gasteiger partial charge in [0.2, 0.25) is 15.9 Å². The Bertz CT molecular complexity index is 841. The summed E-state index contributed by atoms with van der Waals surface area (Å²) in [7, 11) is -3.70. The van der Waals surface area contributed by atoms with Gasteiger partial charge in [0.25, 0.3) is 0 Å². The Morgan fingerprint density at radius 2 is 1.88 bits per heavy atom. The number of hydrogen-bond acceptors (Lipinski definition) is 3. The van der Waals surface area contributed by atoms with Crippen molar-refractivity contribution in [1.29, 1.82) is 0 Å². The third-order valence-corrected chi connectivity index (χ3v) is 5.22. The van der Waals surface area contributed by atoms with E-state index in [1.807, 2.05) is 0 Å². The molecule has 0 saturated carbocycles. The number of rotatable bonds is 7. The van der Waals surface area contributed by atoms with Gasteiger partial charge in [0.15, 0.2) is 0 Å². The number of hydrogen-bond donors (Lipinski definition) is 2. The van der Waals surface area contributed by atoms with Crippen molar-refractivity contribution < 1.29 is 17.6 Å². The van der Waals surface area contributed by atoms with Crippen molar-refractivity contribution in [2.75, 3.05) is 6.54 Å². The number of halogens is 2. The predicted octanol–water partition coefficient (Wildman–Crippen LogP) is 3.02. The van der Waals surface area contributed by atoms with Crippen molar-refractivity contribution in [2.24, 2.45) is 0 Å². The van der Waals surface area contributed by atoms with Crippen LogP contribution in [0.1, 0.15) is 24.9 Å². The molecule has 0 aliphatic rings. The van der Waals surface area contributed by atoms with E-state index in [1.165, 1.54) is 36.4 Å². The van der Waals surface area contributed by atoms with Gasteiger partial charge in [-0.15, -0.1) is 0 Å². The van der Waals surface area contributed by atoms with Gasteiger partial charge in [-0.3, -0.25) is 4.79 Å². The molecule has 0 spiro atoms. The normalized spacial score (nSPS) is 12.6. The SMILES string of the molecule is CC(NC(=O)CCNS(=O)(=O)c1ccc(Cl)cc1)c1cccc(F)c1. The molecule has 25 heavy (non-hydrogen) atoms.